The van der Waals surface area contributed by atoms with Crippen LogP contribution in [0.15, 0.2) is 29.8 Å². The highest BCUT2D eigenvalue weighted by molar-refractivity contribution is 7.13. The summed E-state index contributed by atoms with van der Waals surface area (Å²) in [6.45, 7) is 2.31. The summed E-state index contributed by atoms with van der Waals surface area (Å²) >= 11 is 1.60. The van der Waals surface area contributed by atoms with Gasteiger partial charge in [-0.25, -0.2) is 4.98 Å². The molecule has 4 N–H and O–H groups in total. The van der Waals surface area contributed by atoms with Crippen molar-refractivity contribution in [2.24, 2.45) is 5.73 Å². The van der Waals surface area contributed by atoms with E-state index in [9.17, 15) is 14.7 Å². The minimum Gasteiger partial charge on any atom is -0.391 e. The highest BCUT2D eigenvalue weighted by Gasteiger charge is 2.38. The first kappa shape index (κ1) is 18.5. The van der Waals surface area contributed by atoms with Gasteiger partial charge in [0, 0.05) is 19.5 Å². The van der Waals surface area contributed by atoms with Crippen molar-refractivity contribution in [3.63, 3.8) is 0 Å². The number of aryl methyl sites for hydroxylation is 1. The topological polar surface area (TPSA) is 109 Å². The molecule has 2 heterocycles. The van der Waals surface area contributed by atoms with Gasteiger partial charge in [0.1, 0.15) is 6.04 Å². The predicted molar refractivity (Wildman–Crippen MR) is 99.3 cm³/mol. The molecule has 138 valence electrons. The number of aliphatic hydroxyl groups excluding tert-OH is 1. The molecule has 2 amide bonds. The maximum Gasteiger partial charge on any atom is 0.243 e. The minimum atomic E-state index is -0.692. The van der Waals surface area contributed by atoms with Gasteiger partial charge in [-0.3, -0.25) is 9.59 Å². The lowest BCUT2D eigenvalue weighted by atomic mass is 10.1. The summed E-state index contributed by atoms with van der Waals surface area (Å²) in [6, 6.07) is 7.26. The van der Waals surface area contributed by atoms with E-state index in [1.165, 1.54) is 4.90 Å². The number of β-amino-alcohol motifs (C(OH)–C–C–N with tert-alkyl or cyclic N) is 1. The molecule has 1 unspecified atom stereocenters. The van der Waals surface area contributed by atoms with Crippen LogP contribution in [-0.4, -0.2) is 52.0 Å². The van der Waals surface area contributed by atoms with Gasteiger partial charge in [0.05, 0.1) is 28.7 Å². The zero-order valence-corrected chi connectivity index (χ0v) is 15.3. The molecule has 0 aliphatic carbocycles. The molecule has 1 aromatic heterocycles. The highest BCUT2D eigenvalue weighted by atomic mass is 32.1. The molecule has 0 saturated carbocycles. The molecule has 0 radical (unpaired) electrons. The quantitative estimate of drug-likeness (QED) is 0.712. The molecular formula is C18H22N4O3S. The van der Waals surface area contributed by atoms with Crippen LogP contribution in [0.25, 0.3) is 10.4 Å². The van der Waals surface area contributed by atoms with Crippen LogP contribution in [0, 0.1) is 6.92 Å². The van der Waals surface area contributed by atoms with Crippen LogP contribution in [0.3, 0.4) is 0 Å². The average molecular weight is 374 g/mol. The molecule has 1 aliphatic rings. The molecule has 1 aliphatic heterocycles. The van der Waals surface area contributed by atoms with Crippen LogP contribution in [0.1, 0.15) is 17.7 Å². The fourth-order valence-electron chi connectivity index (χ4n) is 3.12. The van der Waals surface area contributed by atoms with E-state index in [1.54, 1.807) is 11.3 Å². The molecule has 2 atom stereocenters. The number of likely N-dealkylation sites (tertiary alicyclic amines) is 1. The van der Waals surface area contributed by atoms with Crippen molar-refractivity contribution in [2.45, 2.75) is 32.0 Å². The first-order chi connectivity index (χ1) is 12.5. The molecule has 1 fully saturated rings. The molecular weight excluding hydrogens is 352 g/mol. The van der Waals surface area contributed by atoms with Crippen LogP contribution in [0.4, 0.5) is 0 Å². The van der Waals surface area contributed by atoms with Gasteiger partial charge in [-0.05, 0) is 18.1 Å². The number of nitrogens with one attached hydrogen (secondary N) is 1. The maximum absolute atomic E-state index is 12.4. The summed E-state index contributed by atoms with van der Waals surface area (Å²) in [5.74, 6) is -0.600. The lowest BCUT2D eigenvalue weighted by molar-refractivity contribution is -0.137. The van der Waals surface area contributed by atoms with Gasteiger partial charge in [-0.15, -0.1) is 11.3 Å². The molecule has 2 aromatic rings. The molecule has 1 saturated heterocycles. The Balaban J connectivity index is 1.61. The van der Waals surface area contributed by atoms with Gasteiger partial charge in [-0.2, -0.15) is 0 Å². The zero-order chi connectivity index (χ0) is 18.7. The molecule has 3 rings (SSSR count). The third-order valence-corrected chi connectivity index (χ3v) is 5.48. The zero-order valence-electron chi connectivity index (χ0n) is 14.5. The standard InChI is InChI=1S/C18H22N4O3S/c1-11-17(26-10-21-11)13-4-2-12(3-5-13)8-20-18(25)15-6-14(23)9-22(15)16(24)7-19/h2-5,10,14-15,23H,6-9,19H2,1H3,(H,20,25)/t14-,15?/m1/s1. The Kier molecular flexibility index (Phi) is 5.65. The van der Waals surface area contributed by atoms with Crippen molar-refractivity contribution in [3.05, 3.63) is 41.0 Å². The second kappa shape index (κ2) is 7.94. The van der Waals surface area contributed by atoms with Crippen LogP contribution in [0.5, 0.6) is 0 Å². The summed E-state index contributed by atoms with van der Waals surface area (Å²) in [6.07, 6.45) is -0.454. The lowest BCUT2D eigenvalue weighted by Gasteiger charge is -2.23. The number of carbonyl (C=O) groups is 2. The number of nitrogens with two attached hydrogens (primary N) is 1. The Labute approximate surface area is 155 Å². The summed E-state index contributed by atoms with van der Waals surface area (Å²) in [5.41, 5.74) is 10.3. The number of aliphatic hydroxyl groups is 1. The summed E-state index contributed by atoms with van der Waals surface area (Å²) in [7, 11) is 0. The first-order valence-corrected chi connectivity index (χ1v) is 9.32. The lowest BCUT2D eigenvalue weighted by Crippen LogP contribution is -2.47. The van der Waals surface area contributed by atoms with E-state index in [0.717, 1.165) is 21.7 Å². The second-order valence-corrected chi connectivity index (χ2v) is 7.19. The Bertz CT molecular complexity index is 790. The van der Waals surface area contributed by atoms with Gasteiger partial charge < -0.3 is 21.1 Å². The van der Waals surface area contributed by atoms with Crippen LogP contribution in [0.2, 0.25) is 0 Å². The van der Waals surface area contributed by atoms with Crippen molar-refractivity contribution in [3.8, 4) is 10.4 Å². The van der Waals surface area contributed by atoms with Gasteiger partial charge in [0.25, 0.3) is 0 Å². The van der Waals surface area contributed by atoms with Crippen molar-refractivity contribution >= 4 is 23.2 Å². The number of rotatable bonds is 5. The molecule has 0 bridgehead atoms. The summed E-state index contributed by atoms with van der Waals surface area (Å²) in [5, 5.41) is 12.6. The number of aromatic nitrogens is 1. The van der Waals surface area contributed by atoms with E-state index in [-0.39, 0.29) is 31.3 Å². The van der Waals surface area contributed by atoms with E-state index >= 15 is 0 Å². The van der Waals surface area contributed by atoms with E-state index in [4.69, 9.17) is 5.73 Å². The predicted octanol–water partition coefficient (Wildman–Crippen LogP) is 0.655. The second-order valence-electron chi connectivity index (χ2n) is 6.34. The average Bonchev–Trinajstić information content (AvgIpc) is 3.25. The molecule has 8 heteroatoms. The van der Waals surface area contributed by atoms with Gasteiger partial charge in [-0.1, -0.05) is 24.3 Å². The molecule has 7 nitrogen and oxygen atoms in total. The first-order valence-electron chi connectivity index (χ1n) is 8.44. The number of amides is 2. The van der Waals surface area contributed by atoms with Crippen molar-refractivity contribution in [2.75, 3.05) is 13.1 Å². The number of thiazole rings is 1. The molecule has 1 aromatic carbocycles. The SMILES string of the molecule is Cc1ncsc1-c1ccc(CNC(=O)C2C[C@@H](O)CN2C(=O)CN)cc1. The van der Waals surface area contributed by atoms with E-state index in [1.807, 2.05) is 36.7 Å². The Morgan fingerprint density at radius 2 is 2.12 bits per heavy atom. The van der Waals surface area contributed by atoms with E-state index < -0.39 is 12.1 Å². The van der Waals surface area contributed by atoms with Crippen molar-refractivity contribution in [1.29, 1.82) is 0 Å². The minimum absolute atomic E-state index is 0.150. The van der Waals surface area contributed by atoms with Gasteiger partial charge in [0.15, 0.2) is 0 Å². The Hall–Kier alpha value is -2.29. The fraction of sp³-hybridized carbons (Fsp3) is 0.389. The van der Waals surface area contributed by atoms with Crippen LogP contribution in [-0.2, 0) is 16.1 Å². The number of benzene rings is 1. The van der Waals surface area contributed by atoms with Crippen molar-refractivity contribution < 1.29 is 14.7 Å². The Morgan fingerprint density at radius 1 is 1.38 bits per heavy atom. The normalized spacial score (nSPS) is 19.6. The monoisotopic (exact) mass is 374 g/mol. The van der Waals surface area contributed by atoms with E-state index in [0.29, 0.717) is 6.54 Å². The number of hydrogen-bond donors (Lipinski definition) is 3. The smallest absolute Gasteiger partial charge is 0.243 e. The number of carbonyl (C=O) groups excluding carboxylic acids is 2. The third-order valence-electron chi connectivity index (χ3n) is 4.51. The Morgan fingerprint density at radius 3 is 2.73 bits per heavy atom. The summed E-state index contributed by atoms with van der Waals surface area (Å²) in [4.78, 5) is 31.0. The highest BCUT2D eigenvalue weighted by Crippen LogP contribution is 2.27. The van der Waals surface area contributed by atoms with Crippen LogP contribution < -0.4 is 11.1 Å². The fourth-order valence-corrected chi connectivity index (χ4v) is 3.93. The van der Waals surface area contributed by atoms with Crippen LogP contribution >= 0.6 is 11.3 Å². The largest absolute Gasteiger partial charge is 0.391 e. The van der Waals surface area contributed by atoms with Gasteiger partial charge >= 0.3 is 0 Å². The van der Waals surface area contributed by atoms with Gasteiger partial charge in [0.2, 0.25) is 11.8 Å². The maximum atomic E-state index is 12.4. The molecule has 26 heavy (non-hydrogen) atoms. The third kappa shape index (κ3) is 3.92. The van der Waals surface area contributed by atoms with Crippen molar-refractivity contribution in [1.82, 2.24) is 15.2 Å². The van der Waals surface area contributed by atoms with E-state index in [2.05, 4.69) is 10.3 Å². The summed E-state index contributed by atoms with van der Waals surface area (Å²) < 4.78 is 0. The number of nitrogens with zero attached hydrogens (tertiary/aromatic N) is 2. The molecule has 0 spiro atoms. The number of hydrogen-bond acceptors (Lipinski definition) is 6.